The largest absolute Gasteiger partial charge is 0.459 e. The second-order valence-corrected chi connectivity index (χ2v) is 7.10. The Balaban J connectivity index is 1.49. The van der Waals surface area contributed by atoms with E-state index in [4.69, 9.17) is 4.42 Å². The lowest BCUT2D eigenvalue weighted by atomic mass is 10.0. The zero-order chi connectivity index (χ0) is 19.5. The molecule has 1 aliphatic rings. The zero-order valence-corrected chi connectivity index (χ0v) is 15.8. The SMILES string of the molecule is Cc1cccc(CC(=O)Nc2ccc3c(c2)CCCN3C(=O)c2ccco2)c1. The van der Waals surface area contributed by atoms with E-state index in [0.717, 1.165) is 40.9 Å². The summed E-state index contributed by atoms with van der Waals surface area (Å²) in [7, 11) is 0. The Morgan fingerprint density at radius 2 is 2.00 bits per heavy atom. The van der Waals surface area contributed by atoms with Gasteiger partial charge < -0.3 is 14.6 Å². The summed E-state index contributed by atoms with van der Waals surface area (Å²) in [6.45, 7) is 2.67. The number of hydrogen-bond donors (Lipinski definition) is 1. The quantitative estimate of drug-likeness (QED) is 0.738. The van der Waals surface area contributed by atoms with Crippen LogP contribution >= 0.6 is 0 Å². The third kappa shape index (κ3) is 3.83. The van der Waals surface area contributed by atoms with Crippen molar-refractivity contribution in [3.63, 3.8) is 0 Å². The average molecular weight is 374 g/mol. The van der Waals surface area contributed by atoms with Crippen molar-refractivity contribution in [1.82, 2.24) is 0 Å². The third-order valence-electron chi connectivity index (χ3n) is 4.91. The van der Waals surface area contributed by atoms with Crippen LogP contribution in [-0.2, 0) is 17.6 Å². The number of furan rings is 1. The van der Waals surface area contributed by atoms with Crippen molar-refractivity contribution in [3.05, 3.63) is 83.3 Å². The Bertz CT molecular complexity index is 1010. The third-order valence-corrected chi connectivity index (χ3v) is 4.91. The number of rotatable bonds is 4. The van der Waals surface area contributed by atoms with Gasteiger partial charge in [-0.25, -0.2) is 0 Å². The molecule has 0 saturated heterocycles. The van der Waals surface area contributed by atoms with Crippen molar-refractivity contribution in [3.8, 4) is 0 Å². The summed E-state index contributed by atoms with van der Waals surface area (Å²) >= 11 is 0. The van der Waals surface area contributed by atoms with Gasteiger partial charge in [-0.2, -0.15) is 0 Å². The summed E-state index contributed by atoms with van der Waals surface area (Å²) in [4.78, 5) is 26.8. The predicted octanol–water partition coefficient (Wildman–Crippen LogP) is 4.36. The van der Waals surface area contributed by atoms with E-state index in [1.54, 1.807) is 17.0 Å². The molecule has 2 heterocycles. The van der Waals surface area contributed by atoms with E-state index in [-0.39, 0.29) is 11.8 Å². The summed E-state index contributed by atoms with van der Waals surface area (Å²) < 4.78 is 5.26. The standard InChI is InChI=1S/C23H22N2O3/c1-16-5-2-6-17(13-16)14-22(26)24-19-9-10-20-18(15-19)7-3-11-25(20)23(27)21-8-4-12-28-21/h2,4-6,8-10,12-13,15H,3,7,11,14H2,1H3,(H,24,26). The predicted molar refractivity (Wildman–Crippen MR) is 109 cm³/mol. The number of carbonyl (C=O) groups excluding carboxylic acids is 2. The van der Waals surface area contributed by atoms with Gasteiger partial charge in [0.25, 0.3) is 5.91 Å². The van der Waals surface area contributed by atoms with E-state index in [9.17, 15) is 9.59 Å². The van der Waals surface area contributed by atoms with Gasteiger partial charge in [0.1, 0.15) is 0 Å². The molecule has 28 heavy (non-hydrogen) atoms. The molecule has 0 spiro atoms. The van der Waals surface area contributed by atoms with E-state index in [2.05, 4.69) is 5.32 Å². The van der Waals surface area contributed by atoms with Gasteiger partial charge in [0.15, 0.2) is 5.76 Å². The number of amides is 2. The molecule has 2 amide bonds. The molecule has 1 N–H and O–H groups in total. The number of carbonyl (C=O) groups is 2. The second kappa shape index (κ2) is 7.72. The summed E-state index contributed by atoms with van der Waals surface area (Å²) in [6.07, 6.45) is 3.59. The van der Waals surface area contributed by atoms with Crippen LogP contribution in [0.1, 0.15) is 33.7 Å². The van der Waals surface area contributed by atoms with Crippen LogP contribution in [0.15, 0.2) is 65.3 Å². The van der Waals surface area contributed by atoms with Gasteiger partial charge in [0.2, 0.25) is 5.91 Å². The molecule has 1 aromatic heterocycles. The van der Waals surface area contributed by atoms with Crippen LogP contribution in [0.4, 0.5) is 11.4 Å². The normalized spacial score (nSPS) is 13.1. The van der Waals surface area contributed by atoms with Crippen molar-refractivity contribution in [2.45, 2.75) is 26.2 Å². The van der Waals surface area contributed by atoms with Crippen molar-refractivity contribution in [2.75, 3.05) is 16.8 Å². The molecule has 3 aromatic rings. The van der Waals surface area contributed by atoms with Gasteiger partial charge in [-0.05, 0) is 61.2 Å². The highest BCUT2D eigenvalue weighted by Crippen LogP contribution is 2.31. The number of nitrogens with zero attached hydrogens (tertiary/aromatic N) is 1. The Morgan fingerprint density at radius 1 is 1.11 bits per heavy atom. The highest BCUT2D eigenvalue weighted by molar-refractivity contribution is 6.05. The lowest BCUT2D eigenvalue weighted by Crippen LogP contribution is -2.35. The minimum atomic E-state index is -0.137. The van der Waals surface area contributed by atoms with Crippen molar-refractivity contribution < 1.29 is 14.0 Å². The number of aryl methyl sites for hydroxylation is 2. The highest BCUT2D eigenvalue weighted by atomic mass is 16.3. The van der Waals surface area contributed by atoms with E-state index in [1.165, 1.54) is 6.26 Å². The molecular formula is C23H22N2O3. The molecule has 4 rings (SSSR count). The first-order valence-electron chi connectivity index (χ1n) is 9.44. The smallest absolute Gasteiger partial charge is 0.293 e. The summed E-state index contributed by atoms with van der Waals surface area (Å²) in [5.41, 5.74) is 4.82. The van der Waals surface area contributed by atoms with Crippen molar-refractivity contribution in [2.24, 2.45) is 0 Å². The number of anilines is 2. The zero-order valence-electron chi connectivity index (χ0n) is 15.8. The molecule has 0 saturated carbocycles. The first kappa shape index (κ1) is 18.0. The maximum absolute atomic E-state index is 12.7. The summed E-state index contributed by atoms with van der Waals surface area (Å²) in [5, 5.41) is 2.97. The van der Waals surface area contributed by atoms with Crippen LogP contribution in [0.3, 0.4) is 0 Å². The molecule has 142 valence electrons. The van der Waals surface area contributed by atoms with Gasteiger partial charge in [-0.15, -0.1) is 0 Å². The van der Waals surface area contributed by atoms with Crippen molar-refractivity contribution in [1.29, 1.82) is 0 Å². The number of benzene rings is 2. The topological polar surface area (TPSA) is 62.6 Å². The van der Waals surface area contributed by atoms with Gasteiger partial charge >= 0.3 is 0 Å². The van der Waals surface area contributed by atoms with Gasteiger partial charge in [0.05, 0.1) is 12.7 Å². The van der Waals surface area contributed by atoms with Crippen LogP contribution in [0.5, 0.6) is 0 Å². The summed E-state index contributed by atoms with van der Waals surface area (Å²) in [5.74, 6) is 0.149. The Labute approximate surface area is 164 Å². The molecule has 0 fully saturated rings. The van der Waals surface area contributed by atoms with Crippen LogP contribution in [-0.4, -0.2) is 18.4 Å². The lowest BCUT2D eigenvalue weighted by molar-refractivity contribution is -0.115. The van der Waals surface area contributed by atoms with E-state index in [0.29, 0.717) is 18.7 Å². The fourth-order valence-corrected chi connectivity index (χ4v) is 3.63. The number of nitrogens with one attached hydrogen (secondary N) is 1. The van der Waals surface area contributed by atoms with Crippen molar-refractivity contribution >= 4 is 23.2 Å². The molecule has 0 aliphatic carbocycles. The molecule has 5 nitrogen and oxygen atoms in total. The molecular weight excluding hydrogens is 352 g/mol. The summed E-state index contributed by atoms with van der Waals surface area (Å²) in [6, 6.07) is 17.1. The lowest BCUT2D eigenvalue weighted by Gasteiger charge is -2.29. The van der Waals surface area contributed by atoms with Crippen LogP contribution < -0.4 is 10.2 Å². The Morgan fingerprint density at radius 3 is 2.79 bits per heavy atom. The molecule has 5 heteroatoms. The van der Waals surface area contributed by atoms with E-state index >= 15 is 0 Å². The fourth-order valence-electron chi connectivity index (χ4n) is 3.63. The number of hydrogen-bond acceptors (Lipinski definition) is 3. The average Bonchev–Trinajstić information content (AvgIpc) is 3.21. The van der Waals surface area contributed by atoms with Crippen LogP contribution in [0.25, 0.3) is 0 Å². The molecule has 0 atom stereocenters. The second-order valence-electron chi connectivity index (χ2n) is 7.10. The van der Waals surface area contributed by atoms with Gasteiger partial charge in [-0.3, -0.25) is 9.59 Å². The minimum Gasteiger partial charge on any atom is -0.459 e. The van der Waals surface area contributed by atoms with Gasteiger partial charge in [0, 0.05) is 17.9 Å². The van der Waals surface area contributed by atoms with Crippen LogP contribution in [0, 0.1) is 6.92 Å². The monoisotopic (exact) mass is 374 g/mol. The molecule has 0 unspecified atom stereocenters. The van der Waals surface area contributed by atoms with E-state index < -0.39 is 0 Å². The Kier molecular flexibility index (Phi) is 4.98. The molecule has 1 aliphatic heterocycles. The highest BCUT2D eigenvalue weighted by Gasteiger charge is 2.25. The van der Waals surface area contributed by atoms with E-state index in [1.807, 2.05) is 49.4 Å². The maximum atomic E-state index is 12.7. The molecule has 0 bridgehead atoms. The minimum absolute atomic E-state index is 0.0510. The molecule has 2 aromatic carbocycles. The Hall–Kier alpha value is -3.34. The maximum Gasteiger partial charge on any atom is 0.293 e. The van der Waals surface area contributed by atoms with Crippen LogP contribution in [0.2, 0.25) is 0 Å². The first-order valence-corrected chi connectivity index (χ1v) is 9.44. The first-order chi connectivity index (χ1) is 13.6. The fraction of sp³-hybridized carbons (Fsp3) is 0.217. The van der Waals surface area contributed by atoms with Gasteiger partial charge in [-0.1, -0.05) is 29.8 Å². The molecule has 0 radical (unpaired) electrons. The number of fused-ring (bicyclic) bond motifs is 1.